The third-order valence-electron chi connectivity index (χ3n) is 2.21. The summed E-state index contributed by atoms with van der Waals surface area (Å²) < 4.78 is 5.17. The minimum Gasteiger partial charge on any atom is -0.497 e. The zero-order valence-electron chi connectivity index (χ0n) is 9.40. The van der Waals surface area contributed by atoms with Crippen LogP contribution in [-0.2, 0) is 5.75 Å². The fourth-order valence-electron chi connectivity index (χ4n) is 1.21. The minimum absolute atomic E-state index is 0.598. The maximum Gasteiger partial charge on any atom is 0.119 e. The molecule has 2 nitrogen and oxygen atoms in total. The van der Waals surface area contributed by atoms with E-state index in [1.807, 2.05) is 23.9 Å². The van der Waals surface area contributed by atoms with Gasteiger partial charge in [-0.1, -0.05) is 19.1 Å². The highest BCUT2D eigenvalue weighted by molar-refractivity contribution is 7.98. The first-order valence-electron chi connectivity index (χ1n) is 5.17. The molecule has 0 radical (unpaired) electrons. The van der Waals surface area contributed by atoms with Gasteiger partial charge in [0.15, 0.2) is 0 Å². The zero-order chi connectivity index (χ0) is 11.1. The van der Waals surface area contributed by atoms with E-state index in [2.05, 4.69) is 19.1 Å². The molecule has 0 saturated carbocycles. The van der Waals surface area contributed by atoms with E-state index < -0.39 is 0 Å². The van der Waals surface area contributed by atoms with Crippen LogP contribution >= 0.6 is 11.8 Å². The second-order valence-corrected chi connectivity index (χ2v) is 4.74. The Bertz CT molecular complexity index is 291. The van der Waals surface area contributed by atoms with Crippen molar-refractivity contribution in [1.29, 1.82) is 0 Å². The van der Waals surface area contributed by atoms with Crippen LogP contribution in [0.25, 0.3) is 0 Å². The lowest BCUT2D eigenvalue weighted by atomic mass is 10.2. The fraction of sp³-hybridized carbons (Fsp3) is 0.500. The van der Waals surface area contributed by atoms with Crippen molar-refractivity contribution in [3.05, 3.63) is 29.8 Å². The zero-order valence-corrected chi connectivity index (χ0v) is 10.2. The van der Waals surface area contributed by atoms with Crippen LogP contribution in [0.5, 0.6) is 5.75 Å². The molecule has 1 unspecified atom stereocenters. The highest BCUT2D eigenvalue weighted by Gasteiger charge is 2.00. The van der Waals surface area contributed by atoms with Crippen molar-refractivity contribution >= 4 is 11.8 Å². The molecule has 15 heavy (non-hydrogen) atoms. The van der Waals surface area contributed by atoms with Crippen LogP contribution in [0.3, 0.4) is 0 Å². The Morgan fingerprint density at radius 3 is 2.93 bits per heavy atom. The van der Waals surface area contributed by atoms with E-state index in [0.29, 0.717) is 5.92 Å². The molecular formula is C12H19NOS. The number of benzene rings is 1. The van der Waals surface area contributed by atoms with E-state index >= 15 is 0 Å². The summed E-state index contributed by atoms with van der Waals surface area (Å²) in [4.78, 5) is 0. The average Bonchev–Trinajstić information content (AvgIpc) is 2.29. The van der Waals surface area contributed by atoms with Crippen molar-refractivity contribution in [2.24, 2.45) is 11.7 Å². The van der Waals surface area contributed by atoms with Gasteiger partial charge in [0.2, 0.25) is 0 Å². The lowest BCUT2D eigenvalue weighted by Crippen LogP contribution is -2.12. The summed E-state index contributed by atoms with van der Waals surface area (Å²) in [7, 11) is 1.70. The highest BCUT2D eigenvalue weighted by Crippen LogP contribution is 2.19. The summed E-state index contributed by atoms with van der Waals surface area (Å²) in [6.07, 6.45) is 0. The standard InChI is InChI=1S/C12H19NOS/c1-10(7-13)8-15-9-11-4-3-5-12(6-11)14-2/h3-6,10H,7-9,13H2,1-2H3. The third kappa shape index (κ3) is 4.58. The van der Waals surface area contributed by atoms with Crippen LogP contribution < -0.4 is 10.5 Å². The SMILES string of the molecule is COc1cccc(CSCC(C)CN)c1. The summed E-state index contributed by atoms with van der Waals surface area (Å²) in [5.74, 6) is 3.68. The fourth-order valence-corrected chi connectivity index (χ4v) is 2.28. The van der Waals surface area contributed by atoms with Gasteiger partial charge in [0.25, 0.3) is 0 Å². The molecule has 0 bridgehead atoms. The Balaban J connectivity index is 2.37. The number of ether oxygens (including phenoxy) is 1. The molecule has 1 aromatic carbocycles. The Morgan fingerprint density at radius 1 is 1.47 bits per heavy atom. The van der Waals surface area contributed by atoms with Crippen LogP contribution in [0.1, 0.15) is 12.5 Å². The monoisotopic (exact) mass is 225 g/mol. The van der Waals surface area contributed by atoms with Crippen LogP contribution in [0, 0.1) is 5.92 Å². The third-order valence-corrected chi connectivity index (χ3v) is 3.55. The van der Waals surface area contributed by atoms with Crippen molar-refractivity contribution < 1.29 is 4.74 Å². The lowest BCUT2D eigenvalue weighted by Gasteiger charge is -2.08. The van der Waals surface area contributed by atoms with Gasteiger partial charge in [-0.05, 0) is 35.9 Å². The second-order valence-electron chi connectivity index (χ2n) is 3.71. The molecular weight excluding hydrogens is 206 g/mol. The molecule has 0 aliphatic carbocycles. The van der Waals surface area contributed by atoms with Gasteiger partial charge in [-0.15, -0.1) is 0 Å². The van der Waals surface area contributed by atoms with Gasteiger partial charge < -0.3 is 10.5 Å². The molecule has 84 valence electrons. The number of nitrogens with two attached hydrogens (primary N) is 1. The van der Waals surface area contributed by atoms with Crippen molar-refractivity contribution in [2.45, 2.75) is 12.7 Å². The minimum atomic E-state index is 0.598. The molecule has 0 heterocycles. The Hall–Kier alpha value is -0.670. The van der Waals surface area contributed by atoms with E-state index in [4.69, 9.17) is 10.5 Å². The van der Waals surface area contributed by atoms with Gasteiger partial charge in [0, 0.05) is 5.75 Å². The van der Waals surface area contributed by atoms with Gasteiger partial charge in [-0.25, -0.2) is 0 Å². The second kappa shape index (κ2) is 6.75. The largest absolute Gasteiger partial charge is 0.497 e. The molecule has 0 aromatic heterocycles. The maximum atomic E-state index is 5.56. The summed E-state index contributed by atoms with van der Waals surface area (Å²) in [6.45, 7) is 2.95. The number of rotatable bonds is 6. The molecule has 1 rings (SSSR count). The molecule has 0 spiro atoms. The molecule has 0 amide bonds. The topological polar surface area (TPSA) is 35.2 Å². The van der Waals surface area contributed by atoms with Crippen LogP contribution in [0.15, 0.2) is 24.3 Å². The molecule has 0 fully saturated rings. The first-order chi connectivity index (χ1) is 7.26. The van der Waals surface area contributed by atoms with Gasteiger partial charge >= 0.3 is 0 Å². The molecule has 0 aliphatic rings. The van der Waals surface area contributed by atoms with E-state index in [9.17, 15) is 0 Å². The number of hydrogen-bond acceptors (Lipinski definition) is 3. The maximum absolute atomic E-state index is 5.56. The Morgan fingerprint density at radius 2 is 2.27 bits per heavy atom. The Labute approximate surface area is 96.2 Å². The van der Waals surface area contributed by atoms with Crippen molar-refractivity contribution in [1.82, 2.24) is 0 Å². The summed E-state index contributed by atoms with van der Waals surface area (Å²) in [5, 5.41) is 0. The predicted octanol–water partition coefficient (Wildman–Crippen LogP) is 2.52. The van der Waals surface area contributed by atoms with Crippen LogP contribution in [-0.4, -0.2) is 19.4 Å². The van der Waals surface area contributed by atoms with Crippen LogP contribution in [0.2, 0.25) is 0 Å². The lowest BCUT2D eigenvalue weighted by molar-refractivity contribution is 0.414. The van der Waals surface area contributed by atoms with E-state index in [-0.39, 0.29) is 0 Å². The number of thioether (sulfide) groups is 1. The predicted molar refractivity (Wildman–Crippen MR) is 67.4 cm³/mol. The summed E-state index contributed by atoms with van der Waals surface area (Å²) >= 11 is 1.92. The quantitative estimate of drug-likeness (QED) is 0.808. The van der Waals surface area contributed by atoms with Crippen molar-refractivity contribution in [2.75, 3.05) is 19.4 Å². The normalized spacial score (nSPS) is 12.5. The van der Waals surface area contributed by atoms with Gasteiger partial charge in [-0.3, -0.25) is 0 Å². The molecule has 3 heteroatoms. The Kier molecular flexibility index (Phi) is 5.58. The summed E-state index contributed by atoms with van der Waals surface area (Å²) in [5.41, 5.74) is 6.87. The van der Waals surface area contributed by atoms with Crippen molar-refractivity contribution in [3.63, 3.8) is 0 Å². The van der Waals surface area contributed by atoms with Crippen molar-refractivity contribution in [3.8, 4) is 5.75 Å². The number of methoxy groups -OCH3 is 1. The first-order valence-corrected chi connectivity index (χ1v) is 6.32. The van der Waals surface area contributed by atoms with Gasteiger partial charge in [-0.2, -0.15) is 11.8 Å². The van der Waals surface area contributed by atoms with E-state index in [1.54, 1.807) is 7.11 Å². The molecule has 1 aromatic rings. The van der Waals surface area contributed by atoms with Crippen LogP contribution in [0.4, 0.5) is 0 Å². The van der Waals surface area contributed by atoms with Gasteiger partial charge in [0.1, 0.15) is 5.75 Å². The average molecular weight is 225 g/mol. The molecule has 1 atom stereocenters. The van der Waals surface area contributed by atoms with E-state index in [1.165, 1.54) is 5.56 Å². The van der Waals surface area contributed by atoms with Gasteiger partial charge in [0.05, 0.1) is 7.11 Å². The molecule has 0 aliphatic heterocycles. The molecule has 0 saturated heterocycles. The molecule has 2 N–H and O–H groups in total. The summed E-state index contributed by atoms with van der Waals surface area (Å²) in [6, 6.07) is 8.21. The van der Waals surface area contributed by atoms with E-state index in [0.717, 1.165) is 23.8 Å². The smallest absolute Gasteiger partial charge is 0.119 e. The first kappa shape index (κ1) is 12.4. The number of hydrogen-bond donors (Lipinski definition) is 1. The highest BCUT2D eigenvalue weighted by atomic mass is 32.2.